The summed E-state index contributed by atoms with van der Waals surface area (Å²) in [5.74, 6) is 0.525. The normalized spacial score (nSPS) is 12.3. The number of rotatable bonds is 10. The van der Waals surface area contributed by atoms with Gasteiger partial charge in [0, 0.05) is 36.6 Å². The summed E-state index contributed by atoms with van der Waals surface area (Å²) in [6.07, 6.45) is -0.0961. The number of carbonyl (C=O) groups excluding carboxylic acids is 2. The van der Waals surface area contributed by atoms with Crippen molar-refractivity contribution in [3.63, 3.8) is 0 Å². The van der Waals surface area contributed by atoms with Crippen LogP contribution in [0.4, 0.5) is 10.5 Å². The summed E-state index contributed by atoms with van der Waals surface area (Å²) in [7, 11) is 1.33. The molecule has 0 aromatic heterocycles. The van der Waals surface area contributed by atoms with Gasteiger partial charge in [0.1, 0.15) is 5.60 Å². The molecule has 0 bridgehead atoms. The van der Waals surface area contributed by atoms with Crippen LogP contribution in [-0.2, 0) is 20.7 Å². The Kier molecular flexibility index (Phi) is 10.8. The van der Waals surface area contributed by atoms with Crippen LogP contribution in [0.2, 0.25) is 0 Å². The number of methoxy groups -OCH3 is 1. The van der Waals surface area contributed by atoms with E-state index in [0.717, 1.165) is 22.4 Å². The van der Waals surface area contributed by atoms with Gasteiger partial charge in [0.25, 0.3) is 0 Å². The number of alkyl halides is 2. The number of ether oxygens (including phenoxy) is 2. The molecule has 0 heterocycles. The predicted molar refractivity (Wildman–Crippen MR) is 123 cm³/mol. The van der Waals surface area contributed by atoms with Crippen LogP contribution >= 0.6 is 23.2 Å². The number of aryl methyl sites for hydroxylation is 2. The molecule has 0 saturated carbocycles. The minimum Gasteiger partial charge on any atom is -0.469 e. The van der Waals surface area contributed by atoms with Crippen LogP contribution in [0.1, 0.15) is 43.9 Å². The van der Waals surface area contributed by atoms with E-state index in [1.54, 1.807) is 20.8 Å². The van der Waals surface area contributed by atoms with E-state index < -0.39 is 23.7 Å². The van der Waals surface area contributed by atoms with Gasteiger partial charge in [-0.15, -0.1) is 23.2 Å². The van der Waals surface area contributed by atoms with Gasteiger partial charge in [-0.2, -0.15) is 0 Å². The molecule has 30 heavy (non-hydrogen) atoms. The van der Waals surface area contributed by atoms with Gasteiger partial charge in [-0.25, -0.2) is 4.79 Å². The molecule has 0 aliphatic heterocycles. The zero-order valence-corrected chi connectivity index (χ0v) is 20.3. The van der Waals surface area contributed by atoms with Gasteiger partial charge < -0.3 is 19.7 Å². The second-order valence-electron chi connectivity index (χ2n) is 8.28. The van der Waals surface area contributed by atoms with Crippen LogP contribution in [0, 0.1) is 13.8 Å². The Morgan fingerprint density at radius 1 is 1.13 bits per heavy atom. The van der Waals surface area contributed by atoms with Gasteiger partial charge in [-0.3, -0.25) is 4.79 Å². The lowest BCUT2D eigenvalue weighted by Crippen LogP contribution is -2.42. The van der Waals surface area contributed by atoms with Gasteiger partial charge in [-0.1, -0.05) is 17.7 Å². The zero-order valence-electron chi connectivity index (χ0n) is 18.8. The van der Waals surface area contributed by atoms with Gasteiger partial charge >= 0.3 is 12.1 Å². The van der Waals surface area contributed by atoms with Crippen molar-refractivity contribution >= 4 is 41.0 Å². The second kappa shape index (κ2) is 12.3. The summed E-state index contributed by atoms with van der Waals surface area (Å²) < 4.78 is 10.2. The smallest absolute Gasteiger partial charge is 0.407 e. The maximum absolute atomic E-state index is 12.4. The van der Waals surface area contributed by atoms with E-state index in [-0.39, 0.29) is 6.42 Å². The number of nitrogens with one attached hydrogen (secondary N) is 1. The molecule has 1 rings (SSSR count). The minimum atomic E-state index is -0.636. The number of nitrogens with zero attached hydrogens (tertiary/aromatic N) is 1. The summed E-state index contributed by atoms with van der Waals surface area (Å²) in [6, 6.07) is 3.69. The quantitative estimate of drug-likeness (QED) is 0.408. The highest BCUT2D eigenvalue weighted by Gasteiger charge is 2.24. The molecule has 0 fully saturated rings. The van der Waals surface area contributed by atoms with E-state index in [4.69, 9.17) is 32.7 Å². The Bertz CT molecular complexity index is 714. The fourth-order valence-electron chi connectivity index (χ4n) is 3.39. The maximum Gasteiger partial charge on any atom is 0.407 e. The topological polar surface area (TPSA) is 67.9 Å². The number of anilines is 1. The Morgan fingerprint density at radius 2 is 1.73 bits per heavy atom. The average molecular weight is 461 g/mol. The molecular weight excluding hydrogens is 427 g/mol. The Balaban J connectivity index is 3.25. The highest BCUT2D eigenvalue weighted by atomic mass is 35.5. The molecule has 1 N–H and O–H groups in total. The van der Waals surface area contributed by atoms with Crippen LogP contribution in [0.15, 0.2) is 12.1 Å². The number of esters is 1. The van der Waals surface area contributed by atoms with E-state index in [1.807, 2.05) is 13.8 Å². The number of alkyl carbamates (subject to hydrolysis) is 1. The Morgan fingerprint density at radius 3 is 2.23 bits per heavy atom. The third kappa shape index (κ3) is 9.00. The summed E-state index contributed by atoms with van der Waals surface area (Å²) in [5.41, 5.74) is 3.59. The van der Waals surface area contributed by atoms with Crippen LogP contribution in [0.25, 0.3) is 0 Å². The van der Waals surface area contributed by atoms with Crippen molar-refractivity contribution in [2.45, 2.75) is 59.1 Å². The molecule has 0 aliphatic carbocycles. The zero-order chi connectivity index (χ0) is 22.9. The van der Waals surface area contributed by atoms with Crippen molar-refractivity contribution < 1.29 is 19.1 Å². The van der Waals surface area contributed by atoms with Crippen molar-refractivity contribution in [3.8, 4) is 0 Å². The molecule has 0 radical (unpaired) electrons. The molecule has 1 aromatic carbocycles. The van der Waals surface area contributed by atoms with Crippen LogP contribution < -0.4 is 10.2 Å². The van der Waals surface area contributed by atoms with Crippen molar-refractivity contribution in [2.75, 3.05) is 36.9 Å². The molecule has 0 spiro atoms. The third-order valence-electron chi connectivity index (χ3n) is 4.38. The van der Waals surface area contributed by atoms with Crippen LogP contribution in [0.3, 0.4) is 0 Å². The number of benzene rings is 1. The largest absolute Gasteiger partial charge is 0.469 e. The van der Waals surface area contributed by atoms with E-state index in [2.05, 4.69) is 22.3 Å². The SMILES string of the molecule is COC(=O)CC(Cc1cc(C)cc(C)c1N(CCCl)CCCl)NC(=O)OC(C)(C)C. The van der Waals surface area contributed by atoms with Crippen molar-refractivity contribution in [2.24, 2.45) is 0 Å². The lowest BCUT2D eigenvalue weighted by molar-refractivity contribution is -0.141. The predicted octanol–water partition coefficient (Wildman–Crippen LogP) is 4.59. The third-order valence-corrected chi connectivity index (χ3v) is 4.71. The first-order chi connectivity index (χ1) is 14.0. The number of carbonyl (C=O) groups is 2. The van der Waals surface area contributed by atoms with E-state index in [9.17, 15) is 9.59 Å². The standard InChI is InChI=1S/C22H34Cl2N2O4/c1-15-11-16(2)20(26(9-7-23)10-8-24)17(12-15)13-18(14-19(27)29-6)25-21(28)30-22(3,4)5/h11-12,18H,7-10,13-14H2,1-6H3,(H,25,28). The summed E-state index contributed by atoms with van der Waals surface area (Å²) >= 11 is 12.0. The highest BCUT2D eigenvalue weighted by molar-refractivity contribution is 6.18. The lowest BCUT2D eigenvalue weighted by Gasteiger charge is -2.30. The molecule has 6 nitrogen and oxygen atoms in total. The molecule has 0 aliphatic rings. The monoisotopic (exact) mass is 460 g/mol. The first kappa shape index (κ1) is 26.4. The Hall–Kier alpha value is -1.66. The molecule has 1 amide bonds. The van der Waals surface area contributed by atoms with Crippen LogP contribution in [0.5, 0.6) is 0 Å². The highest BCUT2D eigenvalue weighted by Crippen LogP contribution is 2.29. The van der Waals surface area contributed by atoms with Crippen LogP contribution in [-0.4, -0.2) is 55.7 Å². The fraction of sp³-hybridized carbons (Fsp3) is 0.636. The maximum atomic E-state index is 12.4. The first-order valence-electron chi connectivity index (χ1n) is 10.0. The number of hydrogen-bond acceptors (Lipinski definition) is 5. The molecule has 1 unspecified atom stereocenters. The number of halogens is 2. The molecule has 170 valence electrons. The number of hydrogen-bond donors (Lipinski definition) is 1. The van der Waals surface area contributed by atoms with Gasteiger partial charge in [0.15, 0.2) is 0 Å². The minimum absolute atomic E-state index is 0.0349. The summed E-state index contributed by atoms with van der Waals surface area (Å²) in [4.78, 5) is 26.5. The molecule has 8 heteroatoms. The fourth-order valence-corrected chi connectivity index (χ4v) is 3.80. The molecule has 1 atom stereocenters. The van der Waals surface area contributed by atoms with E-state index >= 15 is 0 Å². The average Bonchev–Trinajstić information content (AvgIpc) is 2.59. The lowest BCUT2D eigenvalue weighted by atomic mass is 9.96. The van der Waals surface area contributed by atoms with E-state index in [0.29, 0.717) is 31.3 Å². The first-order valence-corrected chi connectivity index (χ1v) is 11.1. The van der Waals surface area contributed by atoms with Gasteiger partial charge in [-0.05, 0) is 52.2 Å². The molecule has 1 aromatic rings. The van der Waals surface area contributed by atoms with Gasteiger partial charge in [0.2, 0.25) is 0 Å². The molecule has 0 saturated heterocycles. The Labute approximate surface area is 190 Å². The van der Waals surface area contributed by atoms with Crippen molar-refractivity contribution in [1.82, 2.24) is 5.32 Å². The second-order valence-corrected chi connectivity index (χ2v) is 9.04. The summed E-state index contributed by atoms with van der Waals surface area (Å²) in [6.45, 7) is 10.7. The van der Waals surface area contributed by atoms with Gasteiger partial charge in [0.05, 0.1) is 13.5 Å². The van der Waals surface area contributed by atoms with Crippen molar-refractivity contribution in [1.29, 1.82) is 0 Å². The summed E-state index contributed by atoms with van der Waals surface area (Å²) in [5, 5.41) is 2.82. The molecular formula is C22H34Cl2N2O4. The van der Waals surface area contributed by atoms with E-state index in [1.165, 1.54) is 7.11 Å². The van der Waals surface area contributed by atoms with Crippen molar-refractivity contribution in [3.05, 3.63) is 28.8 Å². The number of amides is 1.